The molecule has 3 aromatic carbocycles. The SMILES string of the molecule is COc1ccc(CCOC(=O)c2ccc(S(=O)(=O)N(C)c3ccccc3OC)cc2)cc1. The monoisotopic (exact) mass is 455 g/mol. The molecule has 32 heavy (non-hydrogen) atoms. The molecule has 0 N–H and O–H groups in total. The van der Waals surface area contributed by atoms with Crippen molar-refractivity contribution in [3.63, 3.8) is 0 Å². The van der Waals surface area contributed by atoms with Crippen molar-refractivity contribution in [2.24, 2.45) is 0 Å². The van der Waals surface area contributed by atoms with Gasteiger partial charge in [0.15, 0.2) is 0 Å². The number of sulfonamides is 1. The van der Waals surface area contributed by atoms with Crippen LogP contribution in [-0.2, 0) is 21.2 Å². The Kier molecular flexibility index (Phi) is 7.37. The summed E-state index contributed by atoms with van der Waals surface area (Å²) in [6.07, 6.45) is 0.561. The number of ether oxygens (including phenoxy) is 3. The van der Waals surface area contributed by atoms with Crippen LogP contribution in [0, 0.1) is 0 Å². The van der Waals surface area contributed by atoms with Crippen molar-refractivity contribution >= 4 is 21.7 Å². The van der Waals surface area contributed by atoms with Crippen molar-refractivity contribution in [2.45, 2.75) is 11.3 Å². The van der Waals surface area contributed by atoms with Gasteiger partial charge in [0.25, 0.3) is 10.0 Å². The highest BCUT2D eigenvalue weighted by atomic mass is 32.2. The number of nitrogens with zero attached hydrogens (tertiary/aromatic N) is 1. The van der Waals surface area contributed by atoms with Crippen LogP contribution in [0.15, 0.2) is 77.7 Å². The van der Waals surface area contributed by atoms with E-state index in [0.717, 1.165) is 15.6 Å². The quantitative estimate of drug-likeness (QED) is 0.455. The topological polar surface area (TPSA) is 82.1 Å². The molecule has 3 aromatic rings. The Morgan fingerprint density at radius 3 is 2.16 bits per heavy atom. The van der Waals surface area contributed by atoms with Crippen LogP contribution in [-0.4, -0.2) is 42.3 Å². The van der Waals surface area contributed by atoms with Gasteiger partial charge < -0.3 is 14.2 Å². The third-order valence-corrected chi connectivity index (χ3v) is 6.74. The van der Waals surface area contributed by atoms with Crippen LogP contribution in [0.2, 0.25) is 0 Å². The summed E-state index contributed by atoms with van der Waals surface area (Å²) in [6, 6.07) is 20.0. The molecule has 0 unspecified atom stereocenters. The van der Waals surface area contributed by atoms with Gasteiger partial charge in [-0.05, 0) is 54.1 Å². The zero-order valence-electron chi connectivity index (χ0n) is 18.1. The molecule has 0 heterocycles. The second kappa shape index (κ2) is 10.2. The Hall–Kier alpha value is -3.52. The molecule has 0 aromatic heterocycles. The molecule has 7 nitrogen and oxygen atoms in total. The lowest BCUT2D eigenvalue weighted by atomic mass is 10.1. The number of rotatable bonds is 9. The molecule has 0 amide bonds. The molecule has 0 saturated carbocycles. The molecule has 0 fully saturated rings. The van der Waals surface area contributed by atoms with E-state index < -0.39 is 16.0 Å². The zero-order valence-corrected chi connectivity index (χ0v) is 19.0. The van der Waals surface area contributed by atoms with E-state index >= 15 is 0 Å². The summed E-state index contributed by atoms with van der Waals surface area (Å²) in [5, 5.41) is 0. The Morgan fingerprint density at radius 1 is 0.875 bits per heavy atom. The average molecular weight is 456 g/mol. The van der Waals surface area contributed by atoms with Gasteiger partial charge in [-0.25, -0.2) is 13.2 Å². The highest BCUT2D eigenvalue weighted by Crippen LogP contribution is 2.30. The van der Waals surface area contributed by atoms with Gasteiger partial charge >= 0.3 is 5.97 Å². The summed E-state index contributed by atoms with van der Waals surface area (Å²) in [5.41, 5.74) is 1.70. The molecular weight excluding hydrogens is 430 g/mol. The summed E-state index contributed by atoms with van der Waals surface area (Å²) in [7, 11) is 0.700. The first-order valence-corrected chi connectivity index (χ1v) is 11.3. The molecule has 0 bridgehead atoms. The maximum atomic E-state index is 13.0. The minimum absolute atomic E-state index is 0.0562. The standard InChI is InChI=1S/C24H25NO6S/c1-25(22-6-4-5-7-23(22)30-3)32(27,28)21-14-10-19(11-15-21)24(26)31-17-16-18-8-12-20(29-2)13-9-18/h4-15H,16-17H2,1-3H3. The lowest BCUT2D eigenvalue weighted by Gasteiger charge is -2.21. The number of methoxy groups -OCH3 is 2. The van der Waals surface area contributed by atoms with E-state index in [1.165, 1.54) is 38.4 Å². The van der Waals surface area contributed by atoms with Gasteiger partial charge in [-0.1, -0.05) is 24.3 Å². The normalized spacial score (nSPS) is 11.0. The maximum absolute atomic E-state index is 13.0. The third-order valence-electron chi connectivity index (χ3n) is 4.96. The van der Waals surface area contributed by atoms with Crippen molar-refractivity contribution in [3.8, 4) is 11.5 Å². The predicted molar refractivity (Wildman–Crippen MR) is 122 cm³/mol. The fraction of sp³-hybridized carbons (Fsp3) is 0.208. The van der Waals surface area contributed by atoms with Gasteiger partial charge in [0, 0.05) is 13.5 Å². The van der Waals surface area contributed by atoms with Crippen molar-refractivity contribution in [3.05, 3.63) is 83.9 Å². The van der Waals surface area contributed by atoms with Crippen molar-refractivity contribution in [1.29, 1.82) is 0 Å². The van der Waals surface area contributed by atoms with Gasteiger partial charge in [-0.15, -0.1) is 0 Å². The molecule has 8 heteroatoms. The Balaban J connectivity index is 1.64. The number of carbonyl (C=O) groups excluding carboxylic acids is 1. The van der Waals surface area contributed by atoms with Gasteiger partial charge in [0.2, 0.25) is 0 Å². The number of carbonyl (C=O) groups is 1. The summed E-state index contributed by atoms with van der Waals surface area (Å²) >= 11 is 0. The molecule has 3 rings (SSSR count). The van der Waals surface area contributed by atoms with Crippen molar-refractivity contribution in [1.82, 2.24) is 0 Å². The first-order valence-electron chi connectivity index (χ1n) is 9.89. The van der Waals surface area contributed by atoms with E-state index in [4.69, 9.17) is 14.2 Å². The Labute approximate surface area is 188 Å². The van der Waals surface area contributed by atoms with Crippen molar-refractivity contribution < 1.29 is 27.4 Å². The number of esters is 1. The fourth-order valence-electron chi connectivity index (χ4n) is 3.08. The minimum atomic E-state index is -3.83. The Bertz CT molecular complexity index is 1160. The number of para-hydroxylation sites is 2. The largest absolute Gasteiger partial charge is 0.497 e. The molecule has 0 aliphatic carbocycles. The lowest BCUT2D eigenvalue weighted by molar-refractivity contribution is 0.0509. The molecule has 0 saturated heterocycles. The van der Waals surface area contributed by atoms with E-state index in [0.29, 0.717) is 17.9 Å². The van der Waals surface area contributed by atoms with E-state index in [-0.39, 0.29) is 17.1 Å². The van der Waals surface area contributed by atoms with Gasteiger partial charge in [0.1, 0.15) is 11.5 Å². The minimum Gasteiger partial charge on any atom is -0.497 e. The van der Waals surface area contributed by atoms with E-state index in [1.54, 1.807) is 31.4 Å². The third kappa shape index (κ3) is 5.20. The van der Waals surface area contributed by atoms with Crippen LogP contribution in [0.4, 0.5) is 5.69 Å². The number of hydrogen-bond donors (Lipinski definition) is 0. The van der Waals surface area contributed by atoms with Crippen molar-refractivity contribution in [2.75, 3.05) is 32.2 Å². The number of hydrogen-bond acceptors (Lipinski definition) is 6. The first kappa shape index (κ1) is 23.1. The molecule has 168 valence electrons. The second-order valence-corrected chi connectivity index (χ2v) is 8.87. The maximum Gasteiger partial charge on any atom is 0.338 e. The first-order chi connectivity index (χ1) is 15.4. The number of anilines is 1. The van der Waals surface area contributed by atoms with E-state index in [1.807, 2.05) is 24.3 Å². The highest BCUT2D eigenvalue weighted by Gasteiger charge is 2.24. The van der Waals surface area contributed by atoms with Crippen LogP contribution >= 0.6 is 0 Å². The van der Waals surface area contributed by atoms with E-state index in [2.05, 4.69) is 0 Å². The van der Waals surface area contributed by atoms with E-state index in [9.17, 15) is 13.2 Å². The Morgan fingerprint density at radius 2 is 1.53 bits per heavy atom. The summed E-state index contributed by atoms with van der Waals surface area (Å²) < 4.78 is 42.8. The van der Waals surface area contributed by atoms with Crippen LogP contribution in [0.3, 0.4) is 0 Å². The van der Waals surface area contributed by atoms with Gasteiger partial charge in [-0.2, -0.15) is 0 Å². The second-order valence-electron chi connectivity index (χ2n) is 6.90. The molecular formula is C24H25NO6S. The molecule has 0 aliphatic rings. The highest BCUT2D eigenvalue weighted by molar-refractivity contribution is 7.92. The smallest absolute Gasteiger partial charge is 0.338 e. The van der Waals surface area contributed by atoms with Crippen LogP contribution < -0.4 is 13.8 Å². The molecule has 0 spiro atoms. The summed E-state index contributed by atoms with van der Waals surface area (Å²) in [5.74, 6) is 0.688. The number of benzene rings is 3. The van der Waals surface area contributed by atoms with Crippen LogP contribution in [0.1, 0.15) is 15.9 Å². The van der Waals surface area contributed by atoms with Crippen LogP contribution in [0.25, 0.3) is 0 Å². The van der Waals surface area contributed by atoms with Gasteiger partial charge in [-0.3, -0.25) is 4.31 Å². The predicted octanol–water partition coefficient (Wildman–Crippen LogP) is 3.93. The average Bonchev–Trinajstić information content (AvgIpc) is 2.83. The molecule has 0 aliphatic heterocycles. The summed E-state index contributed by atoms with van der Waals surface area (Å²) in [4.78, 5) is 12.4. The zero-order chi connectivity index (χ0) is 23.1. The molecule has 0 radical (unpaired) electrons. The van der Waals surface area contributed by atoms with Crippen LogP contribution in [0.5, 0.6) is 11.5 Å². The van der Waals surface area contributed by atoms with Gasteiger partial charge in [0.05, 0.1) is 37.0 Å². The fourth-order valence-corrected chi connectivity index (χ4v) is 4.28. The molecule has 0 atom stereocenters. The summed E-state index contributed by atoms with van der Waals surface area (Å²) in [6.45, 7) is 0.210. The lowest BCUT2D eigenvalue weighted by Crippen LogP contribution is -2.27.